The number of aryl methyl sites for hydroxylation is 1. The molecule has 0 spiro atoms. The maximum absolute atomic E-state index is 12.3. The second-order valence-electron chi connectivity index (χ2n) is 9.38. The fourth-order valence-corrected chi connectivity index (χ4v) is 5.74. The number of hydrogen-bond acceptors (Lipinski definition) is 3. The number of carbonyl (C=O) groups is 1. The molecule has 0 unspecified atom stereocenters. The van der Waals surface area contributed by atoms with E-state index in [9.17, 15) is 23.1 Å². The number of carboxylic acid groups (broad SMARTS) is 1. The van der Waals surface area contributed by atoms with Gasteiger partial charge in [-0.2, -0.15) is 0 Å². The van der Waals surface area contributed by atoms with Crippen LogP contribution in [0.2, 0.25) is 0 Å². The van der Waals surface area contributed by atoms with E-state index in [4.69, 9.17) is 4.74 Å². The number of benzene rings is 2. The molecule has 0 heterocycles. The Kier molecular flexibility index (Phi) is 5.63. The molecule has 172 valence electrons. The van der Waals surface area contributed by atoms with Gasteiger partial charge in [-0.05, 0) is 84.9 Å². The molecule has 4 nitrogen and oxygen atoms in total. The average Bonchev–Trinajstić information content (AvgIpc) is 2.72. The van der Waals surface area contributed by atoms with Crippen molar-refractivity contribution in [1.82, 2.24) is 0 Å². The van der Waals surface area contributed by atoms with E-state index < -0.39 is 17.7 Å². The van der Waals surface area contributed by atoms with Crippen LogP contribution < -0.4 is 9.47 Å². The van der Waals surface area contributed by atoms with Crippen molar-refractivity contribution in [2.75, 3.05) is 0 Å². The summed E-state index contributed by atoms with van der Waals surface area (Å²) in [7, 11) is 0. The zero-order chi connectivity index (χ0) is 23.1. The Morgan fingerprint density at radius 1 is 1.09 bits per heavy atom. The van der Waals surface area contributed by atoms with Crippen molar-refractivity contribution in [3.05, 3.63) is 59.2 Å². The highest BCUT2D eigenvalue weighted by Gasteiger charge is 2.55. The minimum absolute atomic E-state index is 0.0603. The fourth-order valence-electron chi connectivity index (χ4n) is 5.74. The van der Waals surface area contributed by atoms with Crippen LogP contribution in [0.25, 0.3) is 0 Å². The summed E-state index contributed by atoms with van der Waals surface area (Å²) >= 11 is 0. The van der Waals surface area contributed by atoms with Crippen molar-refractivity contribution in [3.63, 3.8) is 0 Å². The number of ether oxygens (including phenoxy) is 2. The van der Waals surface area contributed by atoms with Gasteiger partial charge in [-0.1, -0.05) is 31.5 Å². The summed E-state index contributed by atoms with van der Waals surface area (Å²) in [5.41, 5.74) is 2.15. The van der Waals surface area contributed by atoms with Crippen LogP contribution in [0, 0.1) is 11.3 Å². The molecule has 0 bridgehead atoms. The highest BCUT2D eigenvalue weighted by atomic mass is 19.4. The van der Waals surface area contributed by atoms with Gasteiger partial charge in [-0.15, -0.1) is 13.2 Å². The van der Waals surface area contributed by atoms with Gasteiger partial charge in [-0.25, -0.2) is 0 Å². The molecule has 0 saturated heterocycles. The third-order valence-electron chi connectivity index (χ3n) is 7.38. The van der Waals surface area contributed by atoms with Crippen molar-refractivity contribution < 1.29 is 32.5 Å². The zero-order valence-electron chi connectivity index (χ0n) is 18.2. The number of alkyl halides is 3. The highest BCUT2D eigenvalue weighted by molar-refractivity contribution is 5.75. The minimum atomic E-state index is -4.72. The molecule has 32 heavy (non-hydrogen) atoms. The summed E-state index contributed by atoms with van der Waals surface area (Å²) in [6, 6.07) is 11.6. The van der Waals surface area contributed by atoms with Gasteiger partial charge in [0.15, 0.2) is 0 Å². The third kappa shape index (κ3) is 4.17. The van der Waals surface area contributed by atoms with Crippen molar-refractivity contribution in [3.8, 4) is 11.5 Å². The topological polar surface area (TPSA) is 55.8 Å². The monoisotopic (exact) mass is 448 g/mol. The largest absolute Gasteiger partial charge is 0.573 e. The van der Waals surface area contributed by atoms with Gasteiger partial charge < -0.3 is 14.6 Å². The molecule has 2 aromatic rings. The summed E-state index contributed by atoms with van der Waals surface area (Å²) in [4.78, 5) is 12.1. The van der Waals surface area contributed by atoms with Crippen molar-refractivity contribution in [2.24, 2.45) is 11.3 Å². The molecule has 0 aliphatic heterocycles. The molecule has 0 amide bonds. The lowest BCUT2D eigenvalue weighted by molar-refractivity contribution is -0.274. The van der Waals surface area contributed by atoms with E-state index in [2.05, 4.69) is 17.7 Å². The highest BCUT2D eigenvalue weighted by Crippen LogP contribution is 2.57. The van der Waals surface area contributed by atoms with Crippen LogP contribution in [0.1, 0.15) is 56.2 Å². The Hall–Kier alpha value is -2.70. The van der Waals surface area contributed by atoms with Gasteiger partial charge in [0.05, 0.1) is 5.41 Å². The van der Waals surface area contributed by atoms with E-state index in [1.165, 1.54) is 29.8 Å². The molecule has 1 N–H and O–H groups in total. The second-order valence-corrected chi connectivity index (χ2v) is 9.38. The normalized spacial score (nSPS) is 27.2. The number of rotatable bonds is 5. The Balaban J connectivity index is 1.52. The Labute approximate surface area is 185 Å². The molecule has 2 aromatic carbocycles. The Morgan fingerprint density at radius 3 is 2.44 bits per heavy atom. The van der Waals surface area contributed by atoms with Crippen LogP contribution in [-0.2, 0) is 23.2 Å². The Morgan fingerprint density at radius 2 is 1.78 bits per heavy atom. The summed E-state index contributed by atoms with van der Waals surface area (Å²) in [5.74, 6) is -0.260. The molecule has 4 rings (SSSR count). The van der Waals surface area contributed by atoms with Gasteiger partial charge in [0.1, 0.15) is 18.1 Å². The van der Waals surface area contributed by atoms with Crippen LogP contribution >= 0.6 is 0 Å². The second kappa shape index (κ2) is 8.01. The Bertz CT molecular complexity index is 1000. The smallest absolute Gasteiger partial charge is 0.489 e. The van der Waals surface area contributed by atoms with E-state index in [-0.39, 0.29) is 23.7 Å². The first kappa shape index (κ1) is 22.5. The number of carboxylic acids is 1. The molecule has 3 atom stereocenters. The molecule has 2 aliphatic carbocycles. The van der Waals surface area contributed by atoms with Gasteiger partial charge in [-0.3, -0.25) is 4.79 Å². The van der Waals surface area contributed by atoms with Crippen molar-refractivity contribution >= 4 is 5.97 Å². The number of fused-ring (bicyclic) bond motifs is 3. The van der Waals surface area contributed by atoms with Crippen LogP contribution in [-0.4, -0.2) is 17.4 Å². The summed E-state index contributed by atoms with van der Waals surface area (Å²) < 4.78 is 46.8. The summed E-state index contributed by atoms with van der Waals surface area (Å²) in [6.07, 6.45) is -0.504. The SMILES string of the molecule is C[C@]1(C(=O)O)CCC[C@]2(C)c3cc(OCc4ccc(OC(F)(F)F)cc4)ccc3CC[C@@H]12. The van der Waals surface area contributed by atoms with E-state index in [1.54, 1.807) is 0 Å². The van der Waals surface area contributed by atoms with E-state index in [0.29, 0.717) is 12.2 Å². The summed E-state index contributed by atoms with van der Waals surface area (Å²) in [5, 5.41) is 9.95. The van der Waals surface area contributed by atoms with Crippen LogP contribution in [0.3, 0.4) is 0 Å². The van der Waals surface area contributed by atoms with Crippen LogP contribution in [0.15, 0.2) is 42.5 Å². The molecule has 1 saturated carbocycles. The van der Waals surface area contributed by atoms with E-state index >= 15 is 0 Å². The maximum Gasteiger partial charge on any atom is 0.573 e. The van der Waals surface area contributed by atoms with Crippen LogP contribution in [0.4, 0.5) is 13.2 Å². The quantitative estimate of drug-likeness (QED) is 0.587. The number of halogens is 3. The lowest BCUT2D eigenvalue weighted by Gasteiger charge is -2.53. The molecule has 7 heteroatoms. The van der Waals surface area contributed by atoms with Crippen LogP contribution in [0.5, 0.6) is 11.5 Å². The predicted octanol–water partition coefficient (Wildman–Crippen LogP) is 6.26. The van der Waals surface area contributed by atoms with Gasteiger partial charge in [0, 0.05) is 0 Å². The molecule has 1 fully saturated rings. The van der Waals surface area contributed by atoms with E-state index in [1.807, 2.05) is 19.1 Å². The first-order valence-electron chi connectivity index (χ1n) is 10.9. The molecule has 0 aromatic heterocycles. The number of aliphatic carboxylic acids is 1. The summed E-state index contributed by atoms with van der Waals surface area (Å²) in [6.45, 7) is 4.27. The molecule has 0 radical (unpaired) electrons. The fraction of sp³-hybridized carbons (Fsp3) is 0.480. The minimum Gasteiger partial charge on any atom is -0.489 e. The molecular weight excluding hydrogens is 421 g/mol. The maximum atomic E-state index is 12.3. The van der Waals surface area contributed by atoms with Gasteiger partial charge >= 0.3 is 12.3 Å². The van der Waals surface area contributed by atoms with Gasteiger partial charge in [0.2, 0.25) is 0 Å². The van der Waals surface area contributed by atoms with Crippen molar-refractivity contribution in [1.29, 1.82) is 0 Å². The average molecular weight is 448 g/mol. The van der Waals surface area contributed by atoms with E-state index in [0.717, 1.165) is 36.8 Å². The lowest BCUT2D eigenvalue weighted by Crippen LogP contribution is -2.52. The lowest BCUT2D eigenvalue weighted by atomic mass is 9.50. The first-order valence-corrected chi connectivity index (χ1v) is 10.9. The number of hydrogen-bond donors (Lipinski definition) is 1. The third-order valence-corrected chi connectivity index (χ3v) is 7.38. The van der Waals surface area contributed by atoms with Gasteiger partial charge in [0.25, 0.3) is 0 Å². The molecule has 2 aliphatic rings. The molecular formula is C25H27F3O4. The predicted molar refractivity (Wildman–Crippen MR) is 113 cm³/mol. The zero-order valence-corrected chi connectivity index (χ0v) is 18.2. The van der Waals surface area contributed by atoms with Crippen molar-refractivity contribution in [2.45, 2.75) is 64.3 Å². The standard InChI is InChI=1S/C25H27F3O4/c1-23-12-3-13-24(2,22(29)30)21(23)11-7-17-6-10-19(14-20(17)23)31-15-16-4-8-18(9-5-16)32-25(26,27)28/h4-6,8-10,14,21H,3,7,11-13,15H2,1-2H3,(H,29,30)/t21-,23-,24+/m1/s1. The first-order chi connectivity index (χ1) is 15.0.